The maximum atomic E-state index is 12.6. The van der Waals surface area contributed by atoms with E-state index in [1.165, 1.54) is 22.5 Å². The number of hydrogen-bond donors (Lipinski definition) is 2. The Morgan fingerprint density at radius 1 is 1.32 bits per heavy atom. The number of aryl methyl sites for hydroxylation is 1. The van der Waals surface area contributed by atoms with Crippen LogP contribution in [0.1, 0.15) is 35.8 Å². The van der Waals surface area contributed by atoms with E-state index in [1.807, 2.05) is 6.92 Å². The number of nitrogens with zero attached hydrogens (tertiary/aromatic N) is 2. The molecule has 2 fully saturated rings. The first kappa shape index (κ1) is 18.6. The Balaban J connectivity index is 1.35. The van der Waals surface area contributed by atoms with Crippen LogP contribution in [0.3, 0.4) is 0 Å². The Morgan fingerprint density at radius 3 is 2.71 bits per heavy atom. The first-order valence-corrected chi connectivity index (χ1v) is 10.1. The van der Waals surface area contributed by atoms with Gasteiger partial charge in [0, 0.05) is 17.5 Å². The fourth-order valence-electron chi connectivity index (χ4n) is 3.45. The molecule has 4 amide bonds. The molecule has 1 aliphatic carbocycles. The van der Waals surface area contributed by atoms with Crippen LogP contribution in [0.4, 0.5) is 9.93 Å². The zero-order valence-electron chi connectivity index (χ0n) is 15.8. The Kier molecular flexibility index (Phi) is 4.66. The zero-order valence-corrected chi connectivity index (χ0v) is 16.6. The van der Waals surface area contributed by atoms with Gasteiger partial charge in [-0.15, -0.1) is 11.3 Å². The van der Waals surface area contributed by atoms with Gasteiger partial charge in [-0.25, -0.2) is 9.78 Å². The molecule has 2 heterocycles. The average Bonchev–Trinajstić information content (AvgIpc) is 3.39. The number of imide groups is 1. The van der Waals surface area contributed by atoms with Gasteiger partial charge in [-0.2, -0.15) is 0 Å². The van der Waals surface area contributed by atoms with Crippen molar-refractivity contribution in [3.63, 3.8) is 0 Å². The minimum absolute atomic E-state index is 0.167. The molecule has 8 heteroatoms. The van der Waals surface area contributed by atoms with Crippen molar-refractivity contribution in [2.24, 2.45) is 5.92 Å². The van der Waals surface area contributed by atoms with Gasteiger partial charge in [0.15, 0.2) is 5.13 Å². The maximum absolute atomic E-state index is 12.6. The Bertz CT molecular complexity index is 935. The van der Waals surface area contributed by atoms with E-state index in [9.17, 15) is 14.4 Å². The van der Waals surface area contributed by atoms with Gasteiger partial charge in [-0.05, 0) is 38.2 Å². The van der Waals surface area contributed by atoms with Crippen LogP contribution in [0.2, 0.25) is 0 Å². The topological polar surface area (TPSA) is 91.4 Å². The van der Waals surface area contributed by atoms with Gasteiger partial charge in [-0.1, -0.05) is 29.8 Å². The predicted octanol–water partition coefficient (Wildman–Crippen LogP) is 2.70. The molecule has 146 valence electrons. The van der Waals surface area contributed by atoms with Crippen molar-refractivity contribution < 1.29 is 14.4 Å². The van der Waals surface area contributed by atoms with Crippen LogP contribution in [0.25, 0.3) is 0 Å². The number of carbonyl (C=O) groups excluding carboxylic acids is 3. The van der Waals surface area contributed by atoms with Crippen LogP contribution >= 0.6 is 11.3 Å². The highest BCUT2D eigenvalue weighted by Crippen LogP contribution is 2.42. The van der Waals surface area contributed by atoms with Gasteiger partial charge >= 0.3 is 6.03 Å². The molecule has 28 heavy (non-hydrogen) atoms. The number of benzene rings is 1. The third kappa shape index (κ3) is 3.64. The number of hydrogen-bond acceptors (Lipinski definition) is 5. The molecule has 1 aromatic carbocycles. The Hall–Kier alpha value is -2.74. The normalized spacial score (nSPS) is 21.7. The summed E-state index contributed by atoms with van der Waals surface area (Å²) in [5.74, 6) is -0.588. The number of thiazole rings is 1. The highest BCUT2D eigenvalue weighted by atomic mass is 32.1. The molecular formula is C20H22N4O3S. The zero-order chi connectivity index (χ0) is 19.9. The van der Waals surface area contributed by atoms with Crippen LogP contribution in [-0.2, 0) is 16.0 Å². The molecule has 2 N–H and O–H groups in total. The lowest BCUT2D eigenvalue weighted by atomic mass is 9.96. The van der Waals surface area contributed by atoms with Crippen molar-refractivity contribution in [2.45, 2.75) is 38.6 Å². The summed E-state index contributed by atoms with van der Waals surface area (Å²) < 4.78 is 0. The second-order valence-electron chi connectivity index (χ2n) is 7.64. The van der Waals surface area contributed by atoms with Gasteiger partial charge in [0.25, 0.3) is 5.91 Å². The highest BCUT2D eigenvalue weighted by molar-refractivity contribution is 7.15. The van der Waals surface area contributed by atoms with Crippen LogP contribution < -0.4 is 10.6 Å². The minimum atomic E-state index is -0.875. The largest absolute Gasteiger partial charge is 0.325 e. The van der Waals surface area contributed by atoms with Gasteiger partial charge < -0.3 is 10.6 Å². The molecule has 0 unspecified atom stereocenters. The van der Waals surface area contributed by atoms with Gasteiger partial charge in [-0.3, -0.25) is 14.5 Å². The maximum Gasteiger partial charge on any atom is 0.325 e. The Labute approximate surface area is 167 Å². The number of carbonyl (C=O) groups is 3. The second kappa shape index (κ2) is 7.01. The lowest BCUT2D eigenvalue weighted by Crippen LogP contribution is -2.46. The summed E-state index contributed by atoms with van der Waals surface area (Å²) in [7, 11) is 0. The molecular weight excluding hydrogens is 376 g/mol. The summed E-state index contributed by atoms with van der Waals surface area (Å²) in [5.41, 5.74) is 1.50. The van der Waals surface area contributed by atoms with E-state index in [0.717, 1.165) is 29.0 Å². The molecule has 7 nitrogen and oxygen atoms in total. The lowest BCUT2D eigenvalue weighted by molar-refractivity contribution is -0.134. The summed E-state index contributed by atoms with van der Waals surface area (Å²) in [4.78, 5) is 43.3. The van der Waals surface area contributed by atoms with Crippen molar-refractivity contribution in [3.05, 3.63) is 46.5 Å². The molecule has 0 radical (unpaired) electrons. The van der Waals surface area contributed by atoms with Crippen molar-refractivity contribution in [2.75, 3.05) is 11.9 Å². The van der Waals surface area contributed by atoms with E-state index in [1.54, 1.807) is 13.1 Å². The third-order valence-corrected chi connectivity index (χ3v) is 6.21. The summed E-state index contributed by atoms with van der Waals surface area (Å²) in [6.07, 6.45) is 4.31. The highest BCUT2D eigenvalue weighted by Gasteiger charge is 2.56. The number of nitrogens with one attached hydrogen (secondary N) is 2. The molecule has 2 aromatic rings. The summed E-state index contributed by atoms with van der Waals surface area (Å²) in [6.45, 7) is 3.48. The minimum Gasteiger partial charge on any atom is -0.323 e. The first-order chi connectivity index (χ1) is 13.3. The standard InChI is InChI=1S/C20H22N4O3S/c1-12-3-5-13(6-4-12)9-15-10-21-18(28-15)22-16(25)11-24-17(26)20(2,14-7-8-14)23-19(24)27/h3-6,10,14H,7-9,11H2,1-2H3,(H,23,27)(H,21,22,25)/t20-/m1/s1. The van der Waals surface area contributed by atoms with Crippen LogP contribution in [0.5, 0.6) is 0 Å². The fraction of sp³-hybridized carbons (Fsp3) is 0.400. The van der Waals surface area contributed by atoms with E-state index in [0.29, 0.717) is 5.13 Å². The molecule has 4 rings (SSSR count). The van der Waals surface area contributed by atoms with Crippen LogP contribution in [0, 0.1) is 12.8 Å². The van der Waals surface area contributed by atoms with Gasteiger partial charge in [0.05, 0.1) is 0 Å². The van der Waals surface area contributed by atoms with Crippen LogP contribution in [-0.4, -0.2) is 39.8 Å². The molecule has 0 spiro atoms. The van der Waals surface area contributed by atoms with Gasteiger partial charge in [0.1, 0.15) is 12.1 Å². The van der Waals surface area contributed by atoms with E-state index in [-0.39, 0.29) is 18.4 Å². The number of anilines is 1. The van der Waals surface area contributed by atoms with Crippen LogP contribution in [0.15, 0.2) is 30.5 Å². The van der Waals surface area contributed by atoms with E-state index < -0.39 is 17.5 Å². The molecule has 1 saturated carbocycles. The average molecular weight is 398 g/mol. The second-order valence-corrected chi connectivity index (χ2v) is 8.76. The first-order valence-electron chi connectivity index (χ1n) is 9.29. The molecule has 1 aromatic heterocycles. The molecule has 1 saturated heterocycles. The quantitative estimate of drug-likeness (QED) is 0.732. The summed E-state index contributed by atoms with van der Waals surface area (Å²) >= 11 is 1.39. The third-order valence-electron chi connectivity index (χ3n) is 5.30. The number of amides is 4. The molecule has 1 atom stereocenters. The SMILES string of the molecule is Cc1ccc(Cc2cnc(NC(=O)CN3C(=O)N[C@](C)(C4CC4)C3=O)s2)cc1. The van der Waals surface area contributed by atoms with Crippen molar-refractivity contribution in [3.8, 4) is 0 Å². The van der Waals surface area contributed by atoms with E-state index in [4.69, 9.17) is 0 Å². The number of aromatic nitrogens is 1. The fourth-order valence-corrected chi connectivity index (χ4v) is 4.32. The van der Waals surface area contributed by atoms with Gasteiger partial charge in [0.2, 0.25) is 5.91 Å². The smallest absolute Gasteiger partial charge is 0.323 e. The number of rotatable bonds is 6. The van der Waals surface area contributed by atoms with E-state index >= 15 is 0 Å². The molecule has 0 bridgehead atoms. The van der Waals surface area contributed by atoms with E-state index in [2.05, 4.69) is 39.9 Å². The van der Waals surface area contributed by atoms with Crippen molar-refractivity contribution >= 4 is 34.3 Å². The number of urea groups is 1. The van der Waals surface area contributed by atoms with Crippen molar-refractivity contribution in [1.82, 2.24) is 15.2 Å². The lowest BCUT2D eigenvalue weighted by Gasteiger charge is -2.20. The summed E-state index contributed by atoms with van der Waals surface area (Å²) in [5, 5.41) is 5.90. The van der Waals surface area contributed by atoms with Crippen molar-refractivity contribution in [1.29, 1.82) is 0 Å². The Morgan fingerprint density at radius 2 is 2.04 bits per heavy atom. The summed E-state index contributed by atoms with van der Waals surface area (Å²) in [6, 6.07) is 7.76. The molecule has 2 aliphatic rings. The monoisotopic (exact) mass is 398 g/mol. The predicted molar refractivity (Wildman–Crippen MR) is 106 cm³/mol. The molecule has 1 aliphatic heterocycles.